The van der Waals surface area contributed by atoms with Gasteiger partial charge in [0.1, 0.15) is 0 Å². The van der Waals surface area contributed by atoms with E-state index in [0.717, 1.165) is 5.69 Å². The number of hydrogen-bond acceptors (Lipinski definition) is 3. The molecule has 88 valence electrons. The Morgan fingerprint density at radius 1 is 1.59 bits per heavy atom. The van der Waals surface area contributed by atoms with Crippen LogP contribution in [0.25, 0.3) is 0 Å². The second kappa shape index (κ2) is 5.71. The van der Waals surface area contributed by atoms with Crippen LogP contribution in [0.5, 0.6) is 0 Å². The number of nitriles is 1. The number of carboxylic acids is 1. The quantitative estimate of drug-likeness (QED) is 0.804. The summed E-state index contributed by atoms with van der Waals surface area (Å²) in [5.74, 6) is -0.913. The Balaban J connectivity index is 2.77. The lowest BCUT2D eigenvalue weighted by atomic mass is 10.2. The van der Waals surface area contributed by atoms with Gasteiger partial charge in [-0.2, -0.15) is 5.26 Å². The van der Waals surface area contributed by atoms with Crippen LogP contribution in [-0.4, -0.2) is 24.7 Å². The molecule has 4 nitrogen and oxygen atoms in total. The van der Waals surface area contributed by atoms with Gasteiger partial charge in [0.25, 0.3) is 0 Å². The highest BCUT2D eigenvalue weighted by molar-refractivity contribution is 5.85. The zero-order valence-corrected chi connectivity index (χ0v) is 9.84. The van der Waals surface area contributed by atoms with E-state index in [0.29, 0.717) is 17.7 Å². The number of benzene rings is 1. The van der Waals surface area contributed by atoms with E-state index in [1.807, 2.05) is 18.0 Å². The zero-order valence-electron chi connectivity index (χ0n) is 9.84. The molecule has 0 aromatic heterocycles. The fraction of sp³-hybridized carbons (Fsp3) is 0.231. The van der Waals surface area contributed by atoms with Crippen molar-refractivity contribution in [1.29, 1.82) is 5.26 Å². The summed E-state index contributed by atoms with van der Waals surface area (Å²) in [5, 5.41) is 17.5. The predicted octanol–water partition coefficient (Wildman–Crippen LogP) is 2.03. The molecule has 17 heavy (non-hydrogen) atoms. The molecule has 4 heteroatoms. The first-order valence-corrected chi connectivity index (χ1v) is 5.16. The van der Waals surface area contributed by atoms with Gasteiger partial charge in [0.05, 0.1) is 11.6 Å². The van der Waals surface area contributed by atoms with Crippen molar-refractivity contribution in [2.24, 2.45) is 0 Å². The molecule has 0 unspecified atom stereocenters. The number of likely N-dealkylation sites (N-methyl/N-ethyl adjacent to an activating group) is 1. The summed E-state index contributed by atoms with van der Waals surface area (Å²) in [6, 6.07) is 9.25. The van der Waals surface area contributed by atoms with Gasteiger partial charge in [0.15, 0.2) is 0 Å². The Hall–Kier alpha value is -2.28. The maximum Gasteiger partial charge on any atom is 0.331 e. The van der Waals surface area contributed by atoms with Crippen LogP contribution in [0.15, 0.2) is 35.9 Å². The number of hydrogen-bond donors (Lipinski definition) is 1. The number of rotatable bonds is 4. The van der Waals surface area contributed by atoms with E-state index < -0.39 is 5.97 Å². The normalized spacial score (nSPS) is 10.8. The number of nitrogens with zero attached hydrogens (tertiary/aromatic N) is 2. The highest BCUT2D eigenvalue weighted by Gasteiger charge is 2.02. The molecule has 1 aromatic carbocycles. The van der Waals surface area contributed by atoms with Gasteiger partial charge < -0.3 is 10.0 Å². The van der Waals surface area contributed by atoms with Gasteiger partial charge in [-0.3, -0.25) is 0 Å². The largest absolute Gasteiger partial charge is 0.478 e. The van der Waals surface area contributed by atoms with Gasteiger partial charge in [-0.25, -0.2) is 4.79 Å². The van der Waals surface area contributed by atoms with Gasteiger partial charge in [-0.15, -0.1) is 0 Å². The molecule has 0 aliphatic rings. The molecule has 0 aliphatic carbocycles. The van der Waals surface area contributed by atoms with Crippen LogP contribution in [0.4, 0.5) is 5.69 Å². The van der Waals surface area contributed by atoms with E-state index in [4.69, 9.17) is 10.4 Å². The summed E-state index contributed by atoms with van der Waals surface area (Å²) in [5.41, 5.74) is 1.79. The summed E-state index contributed by atoms with van der Waals surface area (Å²) in [6.07, 6.45) is 1.64. The lowest BCUT2D eigenvalue weighted by molar-refractivity contribution is -0.132. The smallest absolute Gasteiger partial charge is 0.331 e. The van der Waals surface area contributed by atoms with Crippen molar-refractivity contribution >= 4 is 11.7 Å². The summed E-state index contributed by atoms with van der Waals surface area (Å²) in [7, 11) is 1.85. The molecule has 1 N–H and O–H groups in total. The molecule has 0 heterocycles. The minimum absolute atomic E-state index is 0.313. The molecule has 0 saturated carbocycles. The SMILES string of the molecule is CC(=CCN(C)c1cccc(C#N)c1)C(=O)O. The van der Waals surface area contributed by atoms with Crippen molar-refractivity contribution in [1.82, 2.24) is 0 Å². The molecular formula is C13H14N2O2. The maximum absolute atomic E-state index is 10.6. The highest BCUT2D eigenvalue weighted by Crippen LogP contribution is 2.14. The van der Waals surface area contributed by atoms with Crippen molar-refractivity contribution in [3.8, 4) is 6.07 Å². The van der Waals surface area contributed by atoms with E-state index in [9.17, 15) is 4.79 Å². The standard InChI is InChI=1S/C13H14N2O2/c1-10(13(16)17)6-7-15(2)12-5-3-4-11(8-12)9-14/h3-6,8H,7H2,1-2H3,(H,16,17). The van der Waals surface area contributed by atoms with Gasteiger partial charge in [0.2, 0.25) is 0 Å². The Morgan fingerprint density at radius 3 is 2.88 bits per heavy atom. The molecule has 0 saturated heterocycles. The van der Waals surface area contributed by atoms with Crippen LogP contribution in [0.3, 0.4) is 0 Å². The predicted molar refractivity (Wildman–Crippen MR) is 65.8 cm³/mol. The lowest BCUT2D eigenvalue weighted by Crippen LogP contribution is -2.17. The van der Waals surface area contributed by atoms with E-state index in [1.54, 1.807) is 31.2 Å². The van der Waals surface area contributed by atoms with Crippen LogP contribution in [0.2, 0.25) is 0 Å². The first-order chi connectivity index (χ1) is 8.04. The maximum atomic E-state index is 10.6. The van der Waals surface area contributed by atoms with Gasteiger partial charge >= 0.3 is 5.97 Å². The molecule has 1 rings (SSSR count). The van der Waals surface area contributed by atoms with Crippen LogP contribution in [0, 0.1) is 11.3 Å². The lowest BCUT2D eigenvalue weighted by Gasteiger charge is -2.17. The zero-order chi connectivity index (χ0) is 12.8. The van der Waals surface area contributed by atoms with Crippen LogP contribution in [-0.2, 0) is 4.79 Å². The summed E-state index contributed by atoms with van der Waals surface area (Å²) in [4.78, 5) is 12.5. The monoisotopic (exact) mass is 230 g/mol. The number of aliphatic carboxylic acids is 1. The average Bonchev–Trinajstić information content (AvgIpc) is 2.35. The van der Waals surface area contributed by atoms with Crippen molar-refractivity contribution in [3.63, 3.8) is 0 Å². The van der Waals surface area contributed by atoms with Gasteiger partial charge in [0, 0.05) is 24.9 Å². The molecule has 0 spiro atoms. The van der Waals surface area contributed by atoms with E-state index in [2.05, 4.69) is 6.07 Å². The first kappa shape index (κ1) is 12.8. The third kappa shape index (κ3) is 3.65. The molecule has 1 aromatic rings. The number of carbonyl (C=O) groups is 1. The third-order valence-electron chi connectivity index (χ3n) is 2.42. The number of carboxylic acid groups (broad SMARTS) is 1. The van der Waals surface area contributed by atoms with E-state index >= 15 is 0 Å². The summed E-state index contributed by atoms with van der Waals surface area (Å²) >= 11 is 0. The summed E-state index contributed by atoms with van der Waals surface area (Å²) in [6.45, 7) is 2.05. The van der Waals surface area contributed by atoms with Gasteiger partial charge in [-0.1, -0.05) is 12.1 Å². The minimum Gasteiger partial charge on any atom is -0.478 e. The van der Waals surface area contributed by atoms with Crippen LogP contribution >= 0.6 is 0 Å². The summed E-state index contributed by atoms with van der Waals surface area (Å²) < 4.78 is 0. The Kier molecular flexibility index (Phi) is 4.29. The first-order valence-electron chi connectivity index (χ1n) is 5.16. The molecule has 0 aliphatic heterocycles. The second-order valence-corrected chi connectivity index (χ2v) is 3.73. The average molecular weight is 230 g/mol. The van der Waals surface area contributed by atoms with Crippen LogP contribution < -0.4 is 4.90 Å². The van der Waals surface area contributed by atoms with Crippen LogP contribution in [0.1, 0.15) is 12.5 Å². The van der Waals surface area contributed by atoms with Crippen molar-refractivity contribution < 1.29 is 9.90 Å². The minimum atomic E-state index is -0.913. The molecule has 0 amide bonds. The molecule has 0 fully saturated rings. The Morgan fingerprint density at radius 2 is 2.29 bits per heavy atom. The second-order valence-electron chi connectivity index (χ2n) is 3.73. The highest BCUT2D eigenvalue weighted by atomic mass is 16.4. The molecule has 0 bridgehead atoms. The van der Waals surface area contributed by atoms with Crippen molar-refractivity contribution in [3.05, 3.63) is 41.5 Å². The fourth-order valence-electron chi connectivity index (χ4n) is 1.28. The van der Waals surface area contributed by atoms with E-state index in [-0.39, 0.29) is 0 Å². The Bertz CT molecular complexity index is 486. The topological polar surface area (TPSA) is 64.3 Å². The third-order valence-corrected chi connectivity index (χ3v) is 2.42. The molecule has 0 atom stereocenters. The molecular weight excluding hydrogens is 216 g/mol. The van der Waals surface area contributed by atoms with Crippen molar-refractivity contribution in [2.75, 3.05) is 18.5 Å². The Labute approximate surface area is 100 Å². The number of anilines is 1. The van der Waals surface area contributed by atoms with Gasteiger partial charge in [-0.05, 0) is 25.1 Å². The molecule has 0 radical (unpaired) electrons. The van der Waals surface area contributed by atoms with Crippen molar-refractivity contribution in [2.45, 2.75) is 6.92 Å². The fourth-order valence-corrected chi connectivity index (χ4v) is 1.28. The van der Waals surface area contributed by atoms with E-state index in [1.165, 1.54) is 0 Å².